The number of rotatable bonds is 4. The molecule has 0 spiro atoms. The second-order valence-corrected chi connectivity index (χ2v) is 2.86. The van der Waals surface area contributed by atoms with Crippen molar-refractivity contribution in [3.05, 3.63) is 12.0 Å². The van der Waals surface area contributed by atoms with Gasteiger partial charge < -0.3 is 4.74 Å². The van der Waals surface area contributed by atoms with Crippen LogP contribution in [0.2, 0.25) is 0 Å². The molecule has 0 unspecified atom stereocenters. The van der Waals surface area contributed by atoms with Gasteiger partial charge in [0.15, 0.2) is 6.61 Å². The summed E-state index contributed by atoms with van der Waals surface area (Å²) in [6.07, 6.45) is -2.23. The monoisotopic (exact) mass is 209 g/mol. The van der Waals surface area contributed by atoms with E-state index in [0.717, 1.165) is 12.1 Å². The molecule has 0 aliphatic heterocycles. The van der Waals surface area contributed by atoms with Gasteiger partial charge in [-0.3, -0.25) is 4.99 Å². The largest absolute Gasteiger partial charge is 0.487 e. The number of hydrogen-bond donors (Lipinski definition) is 0. The molecule has 5 heteroatoms. The molecular weight excluding hydrogens is 195 g/mol. The number of nitrogens with zero attached hydrogens (tertiary/aromatic N) is 1. The molecule has 0 rings (SSSR count). The maximum Gasteiger partial charge on any atom is 0.422 e. The summed E-state index contributed by atoms with van der Waals surface area (Å²) in [6.45, 7) is 3.89. The van der Waals surface area contributed by atoms with Crippen molar-refractivity contribution in [2.24, 2.45) is 4.99 Å². The summed E-state index contributed by atoms with van der Waals surface area (Å²) in [5, 5.41) is 0. The summed E-state index contributed by atoms with van der Waals surface area (Å²) in [4.78, 5) is 3.91. The molecule has 0 aromatic rings. The number of hydrogen-bond acceptors (Lipinski definition) is 2. The first-order valence-corrected chi connectivity index (χ1v) is 4.24. The minimum absolute atomic E-state index is 0.162. The summed E-state index contributed by atoms with van der Waals surface area (Å²) in [5.74, 6) is 0.162. The Bertz CT molecular complexity index is 231. The van der Waals surface area contributed by atoms with Gasteiger partial charge in [-0.2, -0.15) is 13.2 Å². The molecule has 0 bridgehead atoms. The van der Waals surface area contributed by atoms with Crippen LogP contribution in [-0.4, -0.2) is 18.5 Å². The minimum Gasteiger partial charge on any atom is -0.487 e. The Balaban J connectivity index is 4.02. The lowest BCUT2D eigenvalue weighted by molar-refractivity contribution is -0.164. The summed E-state index contributed by atoms with van der Waals surface area (Å²) in [7, 11) is 0. The van der Waals surface area contributed by atoms with Crippen LogP contribution < -0.4 is 0 Å². The number of halogens is 3. The number of ether oxygens (including phenoxy) is 1. The van der Waals surface area contributed by atoms with Crippen molar-refractivity contribution in [2.45, 2.75) is 33.4 Å². The smallest absolute Gasteiger partial charge is 0.422 e. The van der Waals surface area contributed by atoms with Crippen molar-refractivity contribution < 1.29 is 17.9 Å². The summed E-state index contributed by atoms with van der Waals surface area (Å²) in [5.41, 5.74) is 0.847. The molecule has 0 atom stereocenters. The molecule has 0 aliphatic rings. The van der Waals surface area contributed by atoms with Crippen molar-refractivity contribution in [3.63, 3.8) is 0 Å². The second-order valence-electron chi connectivity index (χ2n) is 2.86. The van der Waals surface area contributed by atoms with Crippen molar-refractivity contribution in [2.75, 3.05) is 6.61 Å². The molecule has 0 aromatic heterocycles. The summed E-state index contributed by atoms with van der Waals surface area (Å²) in [6, 6.07) is 0. The van der Waals surface area contributed by atoms with Crippen LogP contribution in [0.15, 0.2) is 17.0 Å². The highest BCUT2D eigenvalue weighted by Gasteiger charge is 2.28. The predicted molar refractivity (Wildman–Crippen MR) is 49.2 cm³/mol. The molecule has 0 saturated heterocycles. The van der Waals surface area contributed by atoms with E-state index in [-0.39, 0.29) is 5.76 Å². The first kappa shape index (κ1) is 13.0. The normalized spacial score (nSPS) is 14.4. The van der Waals surface area contributed by atoms with Crippen LogP contribution in [0.25, 0.3) is 0 Å². The molecule has 0 radical (unpaired) electrons. The van der Waals surface area contributed by atoms with E-state index in [0.29, 0.717) is 0 Å². The van der Waals surface area contributed by atoms with Crippen LogP contribution in [0.4, 0.5) is 13.2 Å². The first-order valence-electron chi connectivity index (χ1n) is 4.24. The van der Waals surface area contributed by atoms with Crippen LogP contribution in [0.1, 0.15) is 27.2 Å². The molecule has 0 aliphatic carbocycles. The zero-order chi connectivity index (χ0) is 11.2. The predicted octanol–water partition coefficient (Wildman–Crippen LogP) is 3.30. The molecule has 14 heavy (non-hydrogen) atoms. The molecule has 0 N–H and O–H groups in total. The summed E-state index contributed by atoms with van der Waals surface area (Å²) < 4.78 is 39.5. The topological polar surface area (TPSA) is 21.6 Å². The fourth-order valence-corrected chi connectivity index (χ4v) is 0.525. The average molecular weight is 209 g/mol. The van der Waals surface area contributed by atoms with E-state index in [2.05, 4.69) is 9.73 Å². The van der Waals surface area contributed by atoms with Gasteiger partial charge in [0, 0.05) is 5.71 Å². The van der Waals surface area contributed by atoms with Gasteiger partial charge in [-0.05, 0) is 20.3 Å². The third kappa shape index (κ3) is 7.64. The lowest BCUT2D eigenvalue weighted by Gasteiger charge is -2.08. The van der Waals surface area contributed by atoms with Crippen molar-refractivity contribution in [1.29, 1.82) is 0 Å². The van der Waals surface area contributed by atoms with Crippen LogP contribution in [0.3, 0.4) is 0 Å². The van der Waals surface area contributed by atoms with Crippen molar-refractivity contribution in [3.8, 4) is 0 Å². The molecule has 0 aromatic carbocycles. The Morgan fingerprint density at radius 3 is 2.36 bits per heavy atom. The Morgan fingerprint density at radius 1 is 1.36 bits per heavy atom. The van der Waals surface area contributed by atoms with Gasteiger partial charge in [-0.25, -0.2) is 0 Å². The van der Waals surface area contributed by atoms with E-state index in [1.165, 1.54) is 13.1 Å². The molecule has 0 fully saturated rings. The third-order valence-electron chi connectivity index (χ3n) is 1.44. The van der Waals surface area contributed by atoms with Gasteiger partial charge in [0.1, 0.15) is 5.76 Å². The fourth-order valence-electron chi connectivity index (χ4n) is 0.525. The van der Waals surface area contributed by atoms with E-state index in [1.807, 2.05) is 6.92 Å². The standard InChI is InChI=1S/C9H14F3NO/c1-4-7(2)13-5-8(3)14-6-9(10,11)12/h5H,4,6H2,1-3H3/b8-5+,13-7?. The zero-order valence-corrected chi connectivity index (χ0v) is 8.48. The molecule has 82 valence electrons. The van der Waals surface area contributed by atoms with Gasteiger partial charge >= 0.3 is 6.18 Å². The van der Waals surface area contributed by atoms with E-state index in [4.69, 9.17) is 0 Å². The van der Waals surface area contributed by atoms with Gasteiger partial charge in [0.25, 0.3) is 0 Å². The number of alkyl halides is 3. The molecule has 0 heterocycles. The van der Waals surface area contributed by atoms with Crippen LogP contribution >= 0.6 is 0 Å². The SMILES string of the molecule is CCC(C)=N/C=C(\C)OCC(F)(F)F. The highest BCUT2D eigenvalue weighted by Crippen LogP contribution is 2.16. The van der Waals surface area contributed by atoms with Gasteiger partial charge in [0.2, 0.25) is 0 Å². The molecule has 0 saturated carbocycles. The fraction of sp³-hybridized carbons (Fsp3) is 0.667. The Hall–Kier alpha value is -1.00. The highest BCUT2D eigenvalue weighted by atomic mass is 19.4. The maximum absolute atomic E-state index is 11.7. The quantitative estimate of drug-likeness (QED) is 0.514. The second kappa shape index (κ2) is 5.67. The first-order chi connectivity index (χ1) is 6.35. The highest BCUT2D eigenvalue weighted by molar-refractivity contribution is 5.82. The van der Waals surface area contributed by atoms with Gasteiger partial charge in [-0.15, -0.1) is 0 Å². The van der Waals surface area contributed by atoms with Crippen LogP contribution in [-0.2, 0) is 4.74 Å². The van der Waals surface area contributed by atoms with Gasteiger partial charge in [0.05, 0.1) is 6.20 Å². The molecule has 2 nitrogen and oxygen atoms in total. The van der Waals surface area contributed by atoms with E-state index in [1.54, 1.807) is 6.92 Å². The third-order valence-corrected chi connectivity index (χ3v) is 1.44. The Labute approximate surface area is 81.5 Å². The molecular formula is C9H14F3NO. The van der Waals surface area contributed by atoms with Crippen LogP contribution in [0, 0.1) is 0 Å². The van der Waals surface area contributed by atoms with Gasteiger partial charge in [-0.1, -0.05) is 6.92 Å². The van der Waals surface area contributed by atoms with E-state index >= 15 is 0 Å². The average Bonchev–Trinajstić information content (AvgIpc) is 2.09. The van der Waals surface area contributed by atoms with E-state index < -0.39 is 12.8 Å². The lowest BCUT2D eigenvalue weighted by atomic mass is 10.3. The lowest BCUT2D eigenvalue weighted by Crippen LogP contribution is -2.16. The Kier molecular flexibility index (Phi) is 5.27. The van der Waals surface area contributed by atoms with E-state index in [9.17, 15) is 13.2 Å². The zero-order valence-electron chi connectivity index (χ0n) is 8.48. The molecule has 0 amide bonds. The van der Waals surface area contributed by atoms with Crippen molar-refractivity contribution >= 4 is 5.71 Å². The maximum atomic E-state index is 11.7. The van der Waals surface area contributed by atoms with Crippen LogP contribution in [0.5, 0.6) is 0 Å². The summed E-state index contributed by atoms with van der Waals surface area (Å²) >= 11 is 0. The minimum atomic E-state index is -4.29. The van der Waals surface area contributed by atoms with Crippen molar-refractivity contribution in [1.82, 2.24) is 0 Å². The number of allylic oxidation sites excluding steroid dienone is 1. The Morgan fingerprint density at radius 2 is 1.93 bits per heavy atom. The number of aliphatic imine (C=N–C) groups is 1.